The molecule has 0 fully saturated rings. The molecule has 124 valence electrons. The fourth-order valence-corrected chi connectivity index (χ4v) is 3.76. The summed E-state index contributed by atoms with van der Waals surface area (Å²) in [5.41, 5.74) is -0.268. The van der Waals surface area contributed by atoms with Crippen LogP contribution in [-0.2, 0) is 17.8 Å². The van der Waals surface area contributed by atoms with Crippen molar-refractivity contribution in [2.75, 3.05) is 12.8 Å². The molecule has 2 aromatic heterocycles. The van der Waals surface area contributed by atoms with Crippen LogP contribution < -0.4 is 5.56 Å². The van der Waals surface area contributed by atoms with E-state index in [0.717, 1.165) is 4.34 Å². The van der Waals surface area contributed by atoms with Crippen molar-refractivity contribution in [2.45, 2.75) is 43.8 Å². The second kappa shape index (κ2) is 5.79. The molecule has 23 heavy (non-hydrogen) atoms. The molecule has 1 amide bonds. The summed E-state index contributed by atoms with van der Waals surface area (Å²) < 4.78 is 7.81. The van der Waals surface area contributed by atoms with Gasteiger partial charge in [-0.3, -0.25) is 14.3 Å². The standard InChI is InChI=1S/C14H18N4O3S2/c1-14(2,3)21-13(20)17-5-6-18-8(7-17)15-10-9(11(18)19)16-12(22-4)23-10/h5-7H2,1-4H3. The van der Waals surface area contributed by atoms with Crippen LogP contribution in [0.15, 0.2) is 9.13 Å². The Bertz CT molecular complexity index is 822. The van der Waals surface area contributed by atoms with E-state index in [1.165, 1.54) is 23.1 Å². The number of aromatic nitrogens is 3. The van der Waals surface area contributed by atoms with Crippen LogP contribution in [0, 0.1) is 0 Å². The van der Waals surface area contributed by atoms with Gasteiger partial charge in [0.2, 0.25) is 0 Å². The van der Waals surface area contributed by atoms with Gasteiger partial charge in [-0.05, 0) is 27.0 Å². The number of carbonyl (C=O) groups excluding carboxylic acids is 1. The van der Waals surface area contributed by atoms with E-state index in [0.29, 0.717) is 29.3 Å². The van der Waals surface area contributed by atoms with E-state index in [-0.39, 0.29) is 18.2 Å². The first-order chi connectivity index (χ1) is 10.8. The second-order valence-corrected chi connectivity index (χ2v) is 8.26. The first-order valence-electron chi connectivity index (χ1n) is 7.20. The summed E-state index contributed by atoms with van der Waals surface area (Å²) in [5, 5.41) is 0. The van der Waals surface area contributed by atoms with E-state index < -0.39 is 5.60 Å². The van der Waals surface area contributed by atoms with Crippen molar-refractivity contribution in [3.63, 3.8) is 0 Å². The highest BCUT2D eigenvalue weighted by Gasteiger charge is 2.28. The Morgan fingerprint density at radius 2 is 2.04 bits per heavy atom. The lowest BCUT2D eigenvalue weighted by molar-refractivity contribution is 0.0192. The summed E-state index contributed by atoms with van der Waals surface area (Å²) >= 11 is 2.89. The zero-order valence-electron chi connectivity index (χ0n) is 13.5. The van der Waals surface area contributed by atoms with E-state index in [4.69, 9.17) is 4.74 Å². The third-order valence-electron chi connectivity index (χ3n) is 3.33. The van der Waals surface area contributed by atoms with Crippen molar-refractivity contribution in [3.05, 3.63) is 16.2 Å². The van der Waals surface area contributed by atoms with E-state index >= 15 is 0 Å². The van der Waals surface area contributed by atoms with Gasteiger partial charge in [-0.25, -0.2) is 14.8 Å². The Labute approximate surface area is 141 Å². The van der Waals surface area contributed by atoms with Gasteiger partial charge in [0.15, 0.2) is 14.7 Å². The highest BCUT2D eigenvalue weighted by molar-refractivity contribution is 8.00. The molecule has 0 atom stereocenters. The summed E-state index contributed by atoms with van der Waals surface area (Å²) in [6.45, 7) is 6.59. The van der Waals surface area contributed by atoms with Crippen molar-refractivity contribution in [2.24, 2.45) is 0 Å². The molecule has 0 saturated heterocycles. The van der Waals surface area contributed by atoms with Gasteiger partial charge in [-0.1, -0.05) is 23.1 Å². The lowest BCUT2D eigenvalue weighted by Crippen LogP contribution is -2.44. The van der Waals surface area contributed by atoms with Crippen molar-refractivity contribution >= 4 is 39.5 Å². The van der Waals surface area contributed by atoms with E-state index in [2.05, 4.69) is 9.97 Å². The minimum absolute atomic E-state index is 0.134. The normalized spacial score (nSPS) is 14.9. The first kappa shape index (κ1) is 16.3. The number of fused-ring (bicyclic) bond motifs is 2. The maximum atomic E-state index is 12.5. The number of nitrogens with zero attached hydrogens (tertiary/aromatic N) is 4. The quantitative estimate of drug-likeness (QED) is 0.732. The number of hydrogen-bond donors (Lipinski definition) is 0. The zero-order valence-corrected chi connectivity index (χ0v) is 15.1. The summed E-state index contributed by atoms with van der Waals surface area (Å²) in [6, 6.07) is 0. The predicted octanol–water partition coefficient (Wildman–Crippen LogP) is 2.33. The summed E-state index contributed by atoms with van der Waals surface area (Å²) in [5.74, 6) is 0.580. The van der Waals surface area contributed by atoms with Gasteiger partial charge in [0, 0.05) is 13.1 Å². The maximum absolute atomic E-state index is 12.5. The maximum Gasteiger partial charge on any atom is 0.410 e. The molecule has 0 radical (unpaired) electrons. The van der Waals surface area contributed by atoms with Crippen molar-refractivity contribution in [1.29, 1.82) is 0 Å². The molecule has 0 unspecified atom stereocenters. The van der Waals surface area contributed by atoms with Gasteiger partial charge in [0.1, 0.15) is 11.4 Å². The number of carbonyl (C=O) groups is 1. The van der Waals surface area contributed by atoms with Crippen LogP contribution >= 0.6 is 23.1 Å². The third kappa shape index (κ3) is 3.20. The molecule has 3 heterocycles. The molecule has 9 heteroatoms. The summed E-state index contributed by atoms with van der Waals surface area (Å²) in [7, 11) is 0. The van der Waals surface area contributed by atoms with Gasteiger partial charge in [0.25, 0.3) is 5.56 Å². The van der Waals surface area contributed by atoms with Crippen LogP contribution in [0.4, 0.5) is 4.79 Å². The SMILES string of the molecule is CSc1nc2c(=O)n3c(nc2s1)CN(C(=O)OC(C)(C)C)CC3. The van der Waals surface area contributed by atoms with E-state index in [1.807, 2.05) is 27.0 Å². The average Bonchev–Trinajstić information content (AvgIpc) is 2.88. The van der Waals surface area contributed by atoms with Crippen LogP contribution in [0.2, 0.25) is 0 Å². The molecule has 0 saturated carbocycles. The highest BCUT2D eigenvalue weighted by atomic mass is 32.2. The van der Waals surface area contributed by atoms with Gasteiger partial charge in [0.05, 0.1) is 6.54 Å². The van der Waals surface area contributed by atoms with Crippen molar-refractivity contribution in [3.8, 4) is 0 Å². The molecular formula is C14H18N4O3S2. The molecule has 0 aromatic carbocycles. The number of thioether (sulfide) groups is 1. The lowest BCUT2D eigenvalue weighted by Gasteiger charge is -2.31. The fourth-order valence-electron chi connectivity index (χ4n) is 2.32. The molecule has 2 aromatic rings. The van der Waals surface area contributed by atoms with Crippen molar-refractivity contribution < 1.29 is 9.53 Å². The Morgan fingerprint density at radius 3 is 2.70 bits per heavy atom. The molecule has 0 aliphatic carbocycles. The van der Waals surface area contributed by atoms with Gasteiger partial charge in [-0.15, -0.1) is 0 Å². The van der Waals surface area contributed by atoms with E-state index in [9.17, 15) is 9.59 Å². The van der Waals surface area contributed by atoms with Gasteiger partial charge in [-0.2, -0.15) is 0 Å². The zero-order chi connectivity index (χ0) is 16.8. The molecule has 3 rings (SSSR count). The Morgan fingerprint density at radius 1 is 1.30 bits per heavy atom. The second-order valence-electron chi connectivity index (χ2n) is 6.22. The monoisotopic (exact) mass is 354 g/mol. The molecule has 1 aliphatic heterocycles. The highest BCUT2D eigenvalue weighted by Crippen LogP contribution is 2.26. The molecule has 0 bridgehead atoms. The Balaban J connectivity index is 1.93. The molecule has 1 aliphatic rings. The van der Waals surface area contributed by atoms with Gasteiger partial charge >= 0.3 is 6.09 Å². The Hall–Kier alpha value is -1.61. The number of hydrogen-bond acceptors (Lipinski definition) is 7. The molecule has 0 N–H and O–H groups in total. The smallest absolute Gasteiger partial charge is 0.410 e. The van der Waals surface area contributed by atoms with Crippen LogP contribution in [0.5, 0.6) is 0 Å². The van der Waals surface area contributed by atoms with Crippen LogP contribution in [0.1, 0.15) is 26.6 Å². The van der Waals surface area contributed by atoms with Crippen LogP contribution in [0.25, 0.3) is 10.3 Å². The van der Waals surface area contributed by atoms with Crippen LogP contribution in [0.3, 0.4) is 0 Å². The lowest BCUT2D eigenvalue weighted by atomic mass is 10.2. The Kier molecular flexibility index (Phi) is 4.09. The summed E-state index contributed by atoms with van der Waals surface area (Å²) in [4.78, 5) is 35.8. The van der Waals surface area contributed by atoms with Gasteiger partial charge < -0.3 is 4.74 Å². The first-order valence-corrected chi connectivity index (χ1v) is 9.25. The number of ether oxygens (including phenoxy) is 1. The third-order valence-corrected chi connectivity index (χ3v) is 5.27. The minimum atomic E-state index is -0.545. The topological polar surface area (TPSA) is 77.3 Å². The number of amides is 1. The van der Waals surface area contributed by atoms with Crippen LogP contribution in [-0.4, -0.2) is 43.9 Å². The van der Waals surface area contributed by atoms with E-state index in [1.54, 1.807) is 9.47 Å². The number of rotatable bonds is 1. The number of thiazole rings is 1. The molecular weight excluding hydrogens is 336 g/mol. The van der Waals surface area contributed by atoms with Crippen molar-refractivity contribution in [1.82, 2.24) is 19.4 Å². The minimum Gasteiger partial charge on any atom is -0.444 e. The fraction of sp³-hybridized carbons (Fsp3) is 0.571. The predicted molar refractivity (Wildman–Crippen MR) is 90.1 cm³/mol. The summed E-state index contributed by atoms with van der Waals surface area (Å²) in [6.07, 6.45) is 1.53. The average molecular weight is 354 g/mol. The molecule has 0 spiro atoms. The largest absolute Gasteiger partial charge is 0.444 e. The molecule has 7 nitrogen and oxygen atoms in total.